The second-order valence-corrected chi connectivity index (χ2v) is 5.94. The lowest BCUT2D eigenvalue weighted by atomic mass is 9.59. The van der Waals surface area contributed by atoms with Gasteiger partial charge in [0.2, 0.25) is 0 Å². The molecule has 1 rings (SSSR count). The van der Waals surface area contributed by atoms with Crippen LogP contribution in [0.5, 0.6) is 0 Å². The van der Waals surface area contributed by atoms with Gasteiger partial charge in [0.1, 0.15) is 6.29 Å². The first-order valence-corrected chi connectivity index (χ1v) is 6.48. The van der Waals surface area contributed by atoms with Crippen molar-refractivity contribution < 1.29 is 4.79 Å². The molecule has 15 heavy (non-hydrogen) atoms. The highest BCUT2D eigenvalue weighted by atomic mass is 16.1. The Labute approximate surface area is 94.6 Å². The van der Waals surface area contributed by atoms with E-state index in [1.165, 1.54) is 38.4 Å². The molecule has 0 aromatic carbocycles. The third-order valence-electron chi connectivity index (χ3n) is 4.25. The molecule has 0 aromatic heterocycles. The van der Waals surface area contributed by atoms with E-state index in [0.29, 0.717) is 11.8 Å². The third kappa shape index (κ3) is 2.83. The van der Waals surface area contributed by atoms with Crippen LogP contribution in [0, 0.1) is 23.2 Å². The highest BCUT2D eigenvalue weighted by Gasteiger charge is 2.42. The van der Waals surface area contributed by atoms with Gasteiger partial charge in [0.15, 0.2) is 0 Å². The predicted octanol–water partition coefficient (Wildman–Crippen LogP) is 4.06. The summed E-state index contributed by atoms with van der Waals surface area (Å²) in [4.78, 5) is 11.3. The molecule has 88 valence electrons. The Hall–Kier alpha value is -0.330. The monoisotopic (exact) mass is 210 g/mol. The van der Waals surface area contributed by atoms with Crippen LogP contribution in [0.15, 0.2) is 0 Å². The minimum absolute atomic E-state index is 0.273. The average Bonchev–Trinajstić information content (AvgIpc) is 2.14. The van der Waals surface area contributed by atoms with E-state index >= 15 is 0 Å². The molecule has 0 N–H and O–H groups in total. The van der Waals surface area contributed by atoms with E-state index in [1.54, 1.807) is 0 Å². The first kappa shape index (κ1) is 12.7. The molecule has 0 spiro atoms. The number of hydrogen-bond donors (Lipinski definition) is 0. The lowest BCUT2D eigenvalue weighted by Crippen LogP contribution is -2.40. The first-order chi connectivity index (χ1) is 7.03. The molecule has 0 saturated heterocycles. The van der Waals surface area contributed by atoms with Gasteiger partial charge in [-0.05, 0) is 36.5 Å². The molecule has 4 atom stereocenters. The topological polar surface area (TPSA) is 17.1 Å². The lowest BCUT2D eigenvalue weighted by Gasteiger charge is -2.45. The van der Waals surface area contributed by atoms with Crippen molar-refractivity contribution in [1.29, 1.82) is 0 Å². The number of hydrogen-bond acceptors (Lipinski definition) is 1. The largest absolute Gasteiger partial charge is 0.303 e. The average molecular weight is 210 g/mol. The third-order valence-corrected chi connectivity index (χ3v) is 4.25. The summed E-state index contributed by atoms with van der Waals surface area (Å²) < 4.78 is 0. The van der Waals surface area contributed by atoms with Crippen molar-refractivity contribution in [1.82, 2.24) is 0 Å². The smallest absolute Gasteiger partial charge is 0.123 e. The number of carbonyl (C=O) groups is 1. The van der Waals surface area contributed by atoms with E-state index in [0.717, 1.165) is 5.92 Å². The van der Waals surface area contributed by atoms with Crippen LogP contribution in [-0.4, -0.2) is 6.29 Å². The lowest BCUT2D eigenvalue weighted by molar-refractivity contribution is -0.120. The van der Waals surface area contributed by atoms with E-state index in [2.05, 4.69) is 27.7 Å². The van der Waals surface area contributed by atoms with Gasteiger partial charge in [0.25, 0.3) is 0 Å². The van der Waals surface area contributed by atoms with Gasteiger partial charge in [-0.2, -0.15) is 0 Å². The number of rotatable bonds is 4. The maximum atomic E-state index is 11.3. The fraction of sp³-hybridized carbons (Fsp3) is 0.929. The van der Waals surface area contributed by atoms with Crippen molar-refractivity contribution in [2.75, 3.05) is 0 Å². The van der Waals surface area contributed by atoms with Gasteiger partial charge in [-0.3, -0.25) is 0 Å². The predicted molar refractivity (Wildman–Crippen MR) is 64.7 cm³/mol. The zero-order valence-electron chi connectivity index (χ0n) is 10.8. The van der Waals surface area contributed by atoms with Crippen molar-refractivity contribution in [3.8, 4) is 0 Å². The Morgan fingerprint density at radius 2 is 2.07 bits per heavy atom. The van der Waals surface area contributed by atoms with Crippen LogP contribution in [0.4, 0.5) is 0 Å². The van der Waals surface area contributed by atoms with Crippen molar-refractivity contribution in [3.63, 3.8) is 0 Å². The highest BCUT2D eigenvalue weighted by Crippen LogP contribution is 2.48. The summed E-state index contributed by atoms with van der Waals surface area (Å²) in [6.07, 6.45) is 7.42. The van der Waals surface area contributed by atoms with E-state index in [9.17, 15) is 4.79 Å². The molecule has 0 aliphatic heterocycles. The van der Waals surface area contributed by atoms with Crippen LogP contribution in [0.1, 0.15) is 59.8 Å². The van der Waals surface area contributed by atoms with Gasteiger partial charge in [-0.15, -0.1) is 0 Å². The Bertz CT molecular complexity index is 211. The van der Waals surface area contributed by atoms with Crippen molar-refractivity contribution in [2.24, 2.45) is 23.2 Å². The Balaban J connectivity index is 2.75. The Kier molecular flexibility index (Phi) is 4.36. The van der Waals surface area contributed by atoms with Crippen LogP contribution in [-0.2, 0) is 4.79 Å². The molecule has 0 bridgehead atoms. The molecule has 1 saturated carbocycles. The molecule has 1 heteroatoms. The minimum atomic E-state index is 0.273. The summed E-state index contributed by atoms with van der Waals surface area (Å²) >= 11 is 0. The van der Waals surface area contributed by atoms with Crippen LogP contribution in [0.25, 0.3) is 0 Å². The Morgan fingerprint density at radius 1 is 1.40 bits per heavy atom. The molecule has 1 fully saturated rings. The standard InChI is InChI=1S/C14H26O/c1-5-6-7-14(4)9-11(2)8-12(3)13(14)10-15/h10-13H,5-9H2,1-4H3. The quantitative estimate of drug-likeness (QED) is 0.639. The Morgan fingerprint density at radius 3 is 2.60 bits per heavy atom. The summed E-state index contributed by atoms with van der Waals surface area (Å²) in [5, 5.41) is 0. The molecule has 0 amide bonds. The van der Waals surface area contributed by atoms with Crippen LogP contribution < -0.4 is 0 Å². The molecule has 1 aliphatic rings. The van der Waals surface area contributed by atoms with Crippen molar-refractivity contribution in [3.05, 3.63) is 0 Å². The van der Waals surface area contributed by atoms with E-state index in [4.69, 9.17) is 0 Å². The van der Waals surface area contributed by atoms with Gasteiger partial charge in [0.05, 0.1) is 0 Å². The molecule has 1 nitrogen and oxygen atoms in total. The van der Waals surface area contributed by atoms with Gasteiger partial charge >= 0.3 is 0 Å². The normalized spacial score (nSPS) is 41.5. The van der Waals surface area contributed by atoms with Gasteiger partial charge in [-0.25, -0.2) is 0 Å². The fourth-order valence-corrected chi connectivity index (χ4v) is 3.63. The van der Waals surface area contributed by atoms with E-state index < -0.39 is 0 Å². The highest BCUT2D eigenvalue weighted by molar-refractivity contribution is 5.56. The molecule has 1 aliphatic carbocycles. The molecule has 0 radical (unpaired) electrons. The summed E-state index contributed by atoms with van der Waals surface area (Å²) in [7, 11) is 0. The van der Waals surface area contributed by atoms with Gasteiger partial charge in [0, 0.05) is 5.92 Å². The van der Waals surface area contributed by atoms with Crippen LogP contribution in [0.3, 0.4) is 0 Å². The SMILES string of the molecule is CCCCC1(C)CC(C)CC(C)C1C=O. The molecule has 0 aromatic rings. The number of aldehydes is 1. The zero-order valence-corrected chi connectivity index (χ0v) is 10.8. The van der Waals surface area contributed by atoms with Gasteiger partial charge < -0.3 is 4.79 Å². The second kappa shape index (κ2) is 5.14. The minimum Gasteiger partial charge on any atom is -0.303 e. The van der Waals surface area contributed by atoms with Crippen LogP contribution >= 0.6 is 0 Å². The van der Waals surface area contributed by atoms with Crippen LogP contribution in [0.2, 0.25) is 0 Å². The van der Waals surface area contributed by atoms with Crippen molar-refractivity contribution >= 4 is 6.29 Å². The summed E-state index contributed by atoms with van der Waals surface area (Å²) in [5.74, 6) is 1.66. The summed E-state index contributed by atoms with van der Waals surface area (Å²) in [6.45, 7) is 9.14. The fourth-order valence-electron chi connectivity index (χ4n) is 3.63. The summed E-state index contributed by atoms with van der Waals surface area (Å²) in [6, 6.07) is 0. The second-order valence-electron chi connectivity index (χ2n) is 5.94. The van der Waals surface area contributed by atoms with Gasteiger partial charge in [-0.1, -0.05) is 40.5 Å². The molecule has 4 unspecified atom stereocenters. The first-order valence-electron chi connectivity index (χ1n) is 6.48. The molecular weight excluding hydrogens is 184 g/mol. The number of carbonyl (C=O) groups excluding carboxylic acids is 1. The van der Waals surface area contributed by atoms with E-state index in [1.807, 2.05) is 0 Å². The number of unbranched alkanes of at least 4 members (excludes halogenated alkanes) is 1. The maximum absolute atomic E-state index is 11.3. The zero-order chi connectivity index (χ0) is 11.5. The molecule has 0 heterocycles. The molecular formula is C14H26O. The van der Waals surface area contributed by atoms with Crippen molar-refractivity contribution in [2.45, 2.75) is 59.8 Å². The van der Waals surface area contributed by atoms with E-state index in [-0.39, 0.29) is 5.41 Å². The summed E-state index contributed by atoms with van der Waals surface area (Å²) in [5.41, 5.74) is 0.273. The maximum Gasteiger partial charge on any atom is 0.123 e.